The fraction of sp³-hybridized carbons (Fsp3) is 0.875. The summed E-state index contributed by atoms with van der Waals surface area (Å²) in [6, 6.07) is -0.272. The van der Waals surface area contributed by atoms with E-state index in [1.165, 1.54) is 4.90 Å². The molecule has 1 aliphatic rings. The Morgan fingerprint density at radius 2 is 2.31 bits per heavy atom. The quantitative estimate of drug-likeness (QED) is 0.728. The van der Waals surface area contributed by atoms with Crippen LogP contribution in [-0.4, -0.2) is 41.5 Å². The third-order valence-electron chi connectivity index (χ3n) is 2.58. The van der Waals surface area contributed by atoms with Gasteiger partial charge in [-0.2, -0.15) is 0 Å². The first kappa shape index (κ1) is 10.4. The summed E-state index contributed by atoms with van der Waals surface area (Å²) >= 11 is 0. The average molecular weight is 193 g/mol. The summed E-state index contributed by atoms with van der Waals surface area (Å²) in [4.78, 5) is 12.2. The lowest BCUT2D eigenvalue weighted by Crippen LogP contribution is -2.36. The zero-order valence-electron chi connectivity index (χ0n) is 7.41. The number of carbonyl (C=O) groups is 1. The molecular weight excluding hydrogens is 180 g/mol. The fourth-order valence-electron chi connectivity index (χ4n) is 1.77. The molecule has 0 amide bonds. The number of nitrogens with zero attached hydrogens (tertiary/aromatic N) is 1. The molecule has 1 N–H and O–H groups in total. The third kappa shape index (κ3) is 2.37. The molecule has 1 aliphatic heterocycles. The van der Waals surface area contributed by atoms with Crippen LogP contribution in [0.4, 0.5) is 8.78 Å². The van der Waals surface area contributed by atoms with E-state index in [0.29, 0.717) is 13.0 Å². The number of carboxylic acid groups (broad SMARTS) is 1. The first-order chi connectivity index (χ1) is 6.02. The van der Waals surface area contributed by atoms with Crippen LogP contribution in [0.1, 0.15) is 13.3 Å². The van der Waals surface area contributed by atoms with Gasteiger partial charge in [0.15, 0.2) is 0 Å². The van der Waals surface area contributed by atoms with Crippen molar-refractivity contribution in [1.29, 1.82) is 0 Å². The Morgan fingerprint density at radius 3 is 2.69 bits per heavy atom. The normalized spacial score (nSPS) is 29.8. The van der Waals surface area contributed by atoms with Crippen LogP contribution in [-0.2, 0) is 4.79 Å². The first-order valence-electron chi connectivity index (χ1n) is 4.27. The summed E-state index contributed by atoms with van der Waals surface area (Å²) in [6.45, 7) is 1.83. The number of alkyl halides is 2. The standard InChI is InChI=1S/C8H13F2NO2/c1-5-6(8(12)13)2-3-11(5)4-7(9)10/h5-7H,2-4H2,1H3,(H,12,13). The number of hydrogen-bond acceptors (Lipinski definition) is 2. The van der Waals surface area contributed by atoms with Gasteiger partial charge in [0, 0.05) is 6.04 Å². The Labute approximate surface area is 75.3 Å². The minimum Gasteiger partial charge on any atom is -0.481 e. The van der Waals surface area contributed by atoms with Gasteiger partial charge in [-0.05, 0) is 19.9 Å². The topological polar surface area (TPSA) is 40.5 Å². The lowest BCUT2D eigenvalue weighted by molar-refractivity contribution is -0.142. The molecule has 0 bridgehead atoms. The smallest absolute Gasteiger partial charge is 0.308 e. The average Bonchev–Trinajstić information content (AvgIpc) is 2.32. The lowest BCUT2D eigenvalue weighted by Gasteiger charge is -2.22. The summed E-state index contributed by atoms with van der Waals surface area (Å²) in [5, 5.41) is 8.72. The second-order valence-electron chi connectivity index (χ2n) is 3.36. The Kier molecular flexibility index (Phi) is 3.19. The molecule has 1 saturated heterocycles. The van der Waals surface area contributed by atoms with E-state index < -0.39 is 18.3 Å². The molecule has 0 radical (unpaired) electrons. The largest absolute Gasteiger partial charge is 0.481 e. The lowest BCUT2D eigenvalue weighted by atomic mass is 10.0. The number of hydrogen-bond donors (Lipinski definition) is 1. The summed E-state index contributed by atoms with van der Waals surface area (Å²) in [7, 11) is 0. The molecule has 2 unspecified atom stereocenters. The highest BCUT2D eigenvalue weighted by Crippen LogP contribution is 2.24. The van der Waals surface area contributed by atoms with Crippen molar-refractivity contribution < 1.29 is 18.7 Å². The molecule has 2 atom stereocenters. The molecule has 0 saturated carbocycles. The van der Waals surface area contributed by atoms with Crippen molar-refractivity contribution in [2.45, 2.75) is 25.8 Å². The maximum atomic E-state index is 12.0. The molecule has 5 heteroatoms. The molecular formula is C8H13F2NO2. The Balaban J connectivity index is 2.50. The van der Waals surface area contributed by atoms with Crippen LogP contribution in [0.25, 0.3) is 0 Å². The van der Waals surface area contributed by atoms with E-state index in [4.69, 9.17) is 5.11 Å². The van der Waals surface area contributed by atoms with Gasteiger partial charge in [-0.25, -0.2) is 8.78 Å². The highest BCUT2D eigenvalue weighted by molar-refractivity contribution is 5.71. The first-order valence-corrected chi connectivity index (χ1v) is 4.27. The van der Waals surface area contributed by atoms with Crippen LogP contribution in [0.15, 0.2) is 0 Å². The van der Waals surface area contributed by atoms with Crippen molar-refractivity contribution in [3.05, 3.63) is 0 Å². The van der Waals surface area contributed by atoms with Gasteiger partial charge in [0.1, 0.15) is 0 Å². The molecule has 1 fully saturated rings. The third-order valence-corrected chi connectivity index (χ3v) is 2.58. The number of aliphatic carboxylic acids is 1. The molecule has 0 aromatic heterocycles. The second kappa shape index (κ2) is 4.00. The molecule has 0 aliphatic carbocycles. The summed E-state index contributed by atoms with van der Waals surface area (Å²) < 4.78 is 24.0. The summed E-state index contributed by atoms with van der Waals surface area (Å²) in [5.41, 5.74) is 0. The van der Waals surface area contributed by atoms with Crippen LogP contribution in [0.2, 0.25) is 0 Å². The van der Waals surface area contributed by atoms with Gasteiger partial charge >= 0.3 is 5.97 Å². The van der Waals surface area contributed by atoms with E-state index >= 15 is 0 Å². The Hall–Kier alpha value is -0.710. The Morgan fingerprint density at radius 1 is 1.69 bits per heavy atom. The molecule has 13 heavy (non-hydrogen) atoms. The minimum atomic E-state index is -2.38. The maximum Gasteiger partial charge on any atom is 0.308 e. The van der Waals surface area contributed by atoms with Gasteiger partial charge in [0.05, 0.1) is 12.5 Å². The zero-order chi connectivity index (χ0) is 10.0. The van der Waals surface area contributed by atoms with Crippen molar-refractivity contribution in [3.63, 3.8) is 0 Å². The van der Waals surface area contributed by atoms with Crippen LogP contribution < -0.4 is 0 Å². The van der Waals surface area contributed by atoms with E-state index in [2.05, 4.69) is 0 Å². The second-order valence-corrected chi connectivity index (χ2v) is 3.36. The zero-order valence-corrected chi connectivity index (χ0v) is 7.41. The van der Waals surface area contributed by atoms with Crippen molar-refractivity contribution in [2.24, 2.45) is 5.92 Å². The van der Waals surface area contributed by atoms with Crippen LogP contribution in [0, 0.1) is 5.92 Å². The van der Waals surface area contributed by atoms with Gasteiger partial charge in [0.25, 0.3) is 6.43 Å². The highest BCUT2D eigenvalue weighted by atomic mass is 19.3. The summed E-state index contributed by atoms with van der Waals surface area (Å²) in [5.74, 6) is -1.37. The van der Waals surface area contributed by atoms with Crippen molar-refractivity contribution >= 4 is 5.97 Å². The molecule has 3 nitrogen and oxygen atoms in total. The minimum absolute atomic E-state index is 0.272. The van der Waals surface area contributed by atoms with Crippen LogP contribution in [0.3, 0.4) is 0 Å². The maximum absolute atomic E-state index is 12.0. The van der Waals surface area contributed by atoms with Gasteiger partial charge in [-0.15, -0.1) is 0 Å². The number of likely N-dealkylation sites (tertiary alicyclic amines) is 1. The van der Waals surface area contributed by atoms with Gasteiger partial charge in [-0.1, -0.05) is 0 Å². The Bertz CT molecular complexity index is 199. The molecule has 76 valence electrons. The molecule has 1 rings (SSSR count). The van der Waals surface area contributed by atoms with E-state index in [9.17, 15) is 13.6 Å². The molecule has 0 aromatic carbocycles. The van der Waals surface area contributed by atoms with E-state index in [-0.39, 0.29) is 12.6 Å². The van der Waals surface area contributed by atoms with E-state index in [0.717, 1.165) is 0 Å². The molecule has 0 spiro atoms. The fourth-order valence-corrected chi connectivity index (χ4v) is 1.77. The monoisotopic (exact) mass is 193 g/mol. The van der Waals surface area contributed by atoms with Gasteiger partial charge in [-0.3, -0.25) is 9.69 Å². The van der Waals surface area contributed by atoms with Crippen molar-refractivity contribution in [1.82, 2.24) is 4.90 Å². The van der Waals surface area contributed by atoms with Gasteiger partial charge in [0.2, 0.25) is 0 Å². The van der Waals surface area contributed by atoms with E-state index in [1.54, 1.807) is 6.92 Å². The molecule has 1 heterocycles. The SMILES string of the molecule is CC1C(C(=O)O)CCN1CC(F)F. The highest BCUT2D eigenvalue weighted by Gasteiger charge is 2.36. The van der Waals surface area contributed by atoms with Crippen LogP contribution >= 0.6 is 0 Å². The predicted octanol–water partition coefficient (Wildman–Crippen LogP) is 1.05. The van der Waals surface area contributed by atoms with E-state index in [1.807, 2.05) is 0 Å². The van der Waals surface area contributed by atoms with Crippen molar-refractivity contribution in [2.75, 3.05) is 13.1 Å². The molecule has 0 aromatic rings. The predicted molar refractivity (Wildman–Crippen MR) is 42.8 cm³/mol. The van der Waals surface area contributed by atoms with Crippen LogP contribution in [0.5, 0.6) is 0 Å². The van der Waals surface area contributed by atoms with Crippen molar-refractivity contribution in [3.8, 4) is 0 Å². The van der Waals surface area contributed by atoms with Gasteiger partial charge < -0.3 is 5.11 Å². The number of halogens is 2. The summed E-state index contributed by atoms with van der Waals surface area (Å²) in [6.07, 6.45) is -1.90. The number of rotatable bonds is 3. The number of carboxylic acids is 1.